The zero-order chi connectivity index (χ0) is 32.8. The van der Waals surface area contributed by atoms with E-state index in [0.29, 0.717) is 18.2 Å². The Kier molecular flexibility index (Phi) is 12.9. The first-order chi connectivity index (χ1) is 23.0. The van der Waals surface area contributed by atoms with E-state index in [4.69, 9.17) is 9.47 Å². The van der Waals surface area contributed by atoms with E-state index >= 15 is 0 Å². The highest BCUT2D eigenvalue weighted by molar-refractivity contribution is 5.89. The largest absolute Gasteiger partial charge is 0.489 e. The molecule has 0 heterocycles. The highest BCUT2D eigenvalue weighted by Gasteiger charge is 2.27. The van der Waals surface area contributed by atoms with Crippen LogP contribution in [0.2, 0.25) is 0 Å². The summed E-state index contributed by atoms with van der Waals surface area (Å²) >= 11 is 0. The lowest BCUT2D eigenvalue weighted by Crippen LogP contribution is -2.34. The van der Waals surface area contributed by atoms with Gasteiger partial charge in [0.05, 0.1) is 12.7 Å². The van der Waals surface area contributed by atoms with Crippen LogP contribution in [0.25, 0.3) is 0 Å². The summed E-state index contributed by atoms with van der Waals surface area (Å²) in [5.74, 6) is 0.699. The third-order valence-corrected chi connectivity index (χ3v) is 9.62. The van der Waals surface area contributed by atoms with Gasteiger partial charge in [0.2, 0.25) is 0 Å². The lowest BCUT2D eigenvalue weighted by molar-refractivity contribution is 0.0600. The maximum Gasteiger partial charge on any atom is 0.337 e. The van der Waals surface area contributed by atoms with Crippen LogP contribution in [0.5, 0.6) is 5.75 Å². The molecule has 0 N–H and O–H groups in total. The SMILES string of the molecule is C=C(CC)CCCCN(CCc1ccccc1OCc1ccc(CCc2ccccc2)cc1)C1CCCc2cc(C(=O)OC)ccc21. The number of nitrogens with zero attached hydrogens (tertiary/aromatic N) is 1. The molecule has 0 saturated heterocycles. The quantitative estimate of drug-likeness (QED) is 0.0662. The summed E-state index contributed by atoms with van der Waals surface area (Å²) in [5.41, 5.74) is 9.77. The van der Waals surface area contributed by atoms with E-state index in [0.717, 1.165) is 83.0 Å². The molecule has 0 saturated carbocycles. The number of esters is 1. The van der Waals surface area contributed by atoms with Crippen LogP contribution in [0.15, 0.2) is 109 Å². The van der Waals surface area contributed by atoms with E-state index in [-0.39, 0.29) is 5.97 Å². The van der Waals surface area contributed by atoms with Gasteiger partial charge < -0.3 is 9.47 Å². The Morgan fingerprint density at radius 3 is 2.32 bits per heavy atom. The molecule has 0 amide bonds. The Labute approximate surface area is 282 Å². The van der Waals surface area contributed by atoms with Gasteiger partial charge in [0.25, 0.3) is 0 Å². The monoisotopic (exact) mass is 629 g/mol. The van der Waals surface area contributed by atoms with Gasteiger partial charge in [0.15, 0.2) is 0 Å². The van der Waals surface area contributed by atoms with Crippen LogP contribution in [0.3, 0.4) is 0 Å². The summed E-state index contributed by atoms with van der Waals surface area (Å²) in [6.45, 7) is 8.96. The van der Waals surface area contributed by atoms with E-state index in [1.807, 2.05) is 6.07 Å². The van der Waals surface area contributed by atoms with Crippen molar-refractivity contribution in [2.45, 2.75) is 83.8 Å². The van der Waals surface area contributed by atoms with Gasteiger partial charge in [-0.15, -0.1) is 0 Å². The molecule has 47 heavy (non-hydrogen) atoms. The van der Waals surface area contributed by atoms with Gasteiger partial charge in [-0.2, -0.15) is 0 Å². The molecule has 5 rings (SSSR count). The summed E-state index contributed by atoms with van der Waals surface area (Å²) < 4.78 is 11.4. The molecule has 1 aliphatic rings. The molecule has 1 aliphatic carbocycles. The fourth-order valence-electron chi connectivity index (χ4n) is 6.71. The molecule has 0 spiro atoms. The maximum atomic E-state index is 12.2. The molecule has 0 bridgehead atoms. The number of carbonyl (C=O) groups is 1. The standard InChI is InChI=1S/C43H51NO3/c1-4-33(2)13-10-11-29-44(41-18-12-17-38-31-39(43(45)46-3)26-27-40(38)41)30-28-37-16-8-9-19-42(37)47-32-36-24-22-35(23-25-36)21-20-34-14-6-5-7-15-34/h5-9,14-16,19,22-27,31,41H,2,4,10-13,17-18,20-21,28-30,32H2,1,3H3. The molecule has 0 aliphatic heterocycles. The van der Waals surface area contributed by atoms with Gasteiger partial charge >= 0.3 is 5.97 Å². The summed E-state index contributed by atoms with van der Waals surface area (Å²) in [7, 11) is 1.45. The van der Waals surface area contributed by atoms with Gasteiger partial charge in [0, 0.05) is 12.6 Å². The van der Waals surface area contributed by atoms with E-state index in [1.165, 1.54) is 46.1 Å². The summed E-state index contributed by atoms with van der Waals surface area (Å²) in [6, 6.07) is 34.5. The molecule has 4 nitrogen and oxygen atoms in total. The van der Waals surface area contributed by atoms with Crippen molar-refractivity contribution in [3.63, 3.8) is 0 Å². The Balaban J connectivity index is 1.23. The maximum absolute atomic E-state index is 12.2. The van der Waals surface area contributed by atoms with Crippen molar-refractivity contribution in [3.05, 3.63) is 148 Å². The van der Waals surface area contributed by atoms with Gasteiger partial charge in [0.1, 0.15) is 12.4 Å². The number of ether oxygens (including phenoxy) is 2. The third-order valence-electron chi connectivity index (χ3n) is 9.62. The number of carbonyl (C=O) groups excluding carboxylic acids is 1. The first-order valence-electron chi connectivity index (χ1n) is 17.5. The number of allylic oxidation sites excluding steroid dienone is 1. The number of rotatable bonds is 17. The number of aryl methyl sites for hydroxylation is 3. The second-order valence-corrected chi connectivity index (χ2v) is 12.9. The highest BCUT2D eigenvalue weighted by Crippen LogP contribution is 2.36. The molecule has 4 aromatic carbocycles. The molecule has 1 unspecified atom stereocenters. The van der Waals surface area contributed by atoms with Gasteiger partial charge in [-0.05, 0) is 122 Å². The number of unbranched alkanes of at least 4 members (excludes halogenated alkanes) is 1. The van der Waals surface area contributed by atoms with E-state index in [1.54, 1.807) is 0 Å². The summed E-state index contributed by atoms with van der Waals surface area (Å²) in [4.78, 5) is 14.9. The first kappa shape index (κ1) is 34.2. The zero-order valence-corrected chi connectivity index (χ0v) is 28.4. The second kappa shape index (κ2) is 17.7. The summed E-state index contributed by atoms with van der Waals surface area (Å²) in [6.07, 6.45) is 10.7. The minimum Gasteiger partial charge on any atom is -0.489 e. The molecule has 4 heteroatoms. The van der Waals surface area contributed by atoms with Crippen molar-refractivity contribution in [2.75, 3.05) is 20.2 Å². The fraction of sp³-hybridized carbons (Fsp3) is 0.372. The van der Waals surface area contributed by atoms with Gasteiger partial charge in [-0.25, -0.2) is 4.79 Å². The summed E-state index contributed by atoms with van der Waals surface area (Å²) in [5, 5.41) is 0. The smallest absolute Gasteiger partial charge is 0.337 e. The molecule has 4 aromatic rings. The van der Waals surface area contributed by atoms with Crippen molar-refractivity contribution >= 4 is 5.97 Å². The van der Waals surface area contributed by atoms with Crippen LogP contribution >= 0.6 is 0 Å². The number of para-hydroxylation sites is 1. The highest BCUT2D eigenvalue weighted by atomic mass is 16.5. The van der Waals surface area contributed by atoms with Crippen LogP contribution < -0.4 is 4.74 Å². The van der Waals surface area contributed by atoms with Crippen LogP contribution in [0.4, 0.5) is 0 Å². The molecule has 246 valence electrons. The molecule has 1 atom stereocenters. The average molecular weight is 630 g/mol. The normalized spacial score (nSPS) is 14.1. The van der Waals surface area contributed by atoms with E-state index in [9.17, 15) is 4.79 Å². The Morgan fingerprint density at radius 1 is 0.830 bits per heavy atom. The third kappa shape index (κ3) is 9.92. The Hall–Kier alpha value is -4.15. The number of hydrogen-bond donors (Lipinski definition) is 0. The van der Waals surface area contributed by atoms with Gasteiger partial charge in [-0.1, -0.05) is 97.9 Å². The first-order valence-corrected chi connectivity index (χ1v) is 17.5. The average Bonchev–Trinajstić information content (AvgIpc) is 3.13. The van der Waals surface area contributed by atoms with Crippen LogP contribution in [-0.2, 0) is 37.0 Å². The minimum absolute atomic E-state index is 0.265. The molecule has 0 radical (unpaired) electrons. The molecular weight excluding hydrogens is 578 g/mol. The second-order valence-electron chi connectivity index (χ2n) is 12.9. The Bertz CT molecular complexity index is 1580. The van der Waals surface area contributed by atoms with Gasteiger partial charge in [-0.3, -0.25) is 4.90 Å². The topological polar surface area (TPSA) is 38.8 Å². The lowest BCUT2D eigenvalue weighted by atomic mass is 9.85. The molecule has 0 aromatic heterocycles. The lowest BCUT2D eigenvalue weighted by Gasteiger charge is -2.36. The fourth-order valence-corrected chi connectivity index (χ4v) is 6.71. The van der Waals surface area contributed by atoms with Crippen LogP contribution in [0, 0.1) is 0 Å². The zero-order valence-electron chi connectivity index (χ0n) is 28.4. The molecule has 0 fully saturated rings. The number of methoxy groups -OCH3 is 1. The van der Waals surface area contributed by atoms with Crippen molar-refractivity contribution in [1.82, 2.24) is 4.90 Å². The molecular formula is C43H51NO3. The Morgan fingerprint density at radius 2 is 1.55 bits per heavy atom. The predicted molar refractivity (Wildman–Crippen MR) is 193 cm³/mol. The van der Waals surface area contributed by atoms with E-state index in [2.05, 4.69) is 109 Å². The van der Waals surface area contributed by atoms with Crippen LogP contribution in [0.1, 0.15) is 95.2 Å². The predicted octanol–water partition coefficient (Wildman–Crippen LogP) is 9.90. The van der Waals surface area contributed by atoms with Crippen molar-refractivity contribution in [1.29, 1.82) is 0 Å². The number of hydrogen-bond acceptors (Lipinski definition) is 4. The van der Waals surface area contributed by atoms with Crippen molar-refractivity contribution in [3.8, 4) is 5.75 Å². The number of fused-ring (bicyclic) bond motifs is 1. The van der Waals surface area contributed by atoms with Crippen molar-refractivity contribution in [2.24, 2.45) is 0 Å². The van der Waals surface area contributed by atoms with E-state index < -0.39 is 0 Å². The van der Waals surface area contributed by atoms with Crippen molar-refractivity contribution < 1.29 is 14.3 Å². The van der Waals surface area contributed by atoms with Crippen LogP contribution in [-0.4, -0.2) is 31.1 Å². The number of benzene rings is 4. The minimum atomic E-state index is -0.265.